The smallest absolute Gasteiger partial charge is 0.255 e. The molecule has 0 atom stereocenters. The van der Waals surface area contributed by atoms with Gasteiger partial charge in [-0.1, -0.05) is 17.7 Å². The first-order valence-corrected chi connectivity index (χ1v) is 7.42. The van der Waals surface area contributed by atoms with Crippen molar-refractivity contribution in [2.75, 3.05) is 11.6 Å². The van der Waals surface area contributed by atoms with Crippen LogP contribution in [-0.2, 0) is 0 Å². The summed E-state index contributed by atoms with van der Waals surface area (Å²) < 4.78 is 0. The Hall–Kier alpha value is -1.45. The second-order valence-electron chi connectivity index (χ2n) is 4.15. The molecule has 4 heteroatoms. The lowest BCUT2D eigenvalue weighted by Crippen LogP contribution is -2.11. The summed E-state index contributed by atoms with van der Waals surface area (Å²) >= 11 is 7.68. The SMILES string of the molecule is CSc1ccc(C(=O)Nc2ccc(C)c(Cl)c2)cc1. The Morgan fingerprint density at radius 1 is 1.16 bits per heavy atom. The predicted octanol–water partition coefficient (Wildman–Crippen LogP) is 4.62. The summed E-state index contributed by atoms with van der Waals surface area (Å²) in [4.78, 5) is 13.2. The highest BCUT2D eigenvalue weighted by Gasteiger charge is 2.06. The lowest BCUT2D eigenvalue weighted by Gasteiger charge is -2.07. The molecule has 2 aromatic carbocycles. The van der Waals surface area contributed by atoms with Crippen LogP contribution in [0.1, 0.15) is 15.9 Å². The number of hydrogen-bond acceptors (Lipinski definition) is 2. The molecule has 2 nitrogen and oxygen atoms in total. The Balaban J connectivity index is 2.13. The van der Waals surface area contributed by atoms with Gasteiger partial charge in [0.2, 0.25) is 0 Å². The molecule has 0 bridgehead atoms. The number of halogens is 1. The van der Waals surface area contributed by atoms with Gasteiger partial charge in [0.25, 0.3) is 5.91 Å². The highest BCUT2D eigenvalue weighted by Crippen LogP contribution is 2.21. The molecule has 2 rings (SSSR count). The molecule has 0 aliphatic rings. The van der Waals surface area contributed by atoms with Crippen molar-refractivity contribution in [2.45, 2.75) is 11.8 Å². The van der Waals surface area contributed by atoms with Gasteiger partial charge in [0.15, 0.2) is 0 Å². The second kappa shape index (κ2) is 6.13. The molecule has 0 saturated carbocycles. The number of anilines is 1. The molecular weight excluding hydrogens is 278 g/mol. The van der Waals surface area contributed by atoms with Crippen LogP contribution in [0, 0.1) is 6.92 Å². The molecule has 0 unspecified atom stereocenters. The van der Waals surface area contributed by atoms with Gasteiger partial charge in [0, 0.05) is 21.2 Å². The lowest BCUT2D eigenvalue weighted by atomic mass is 10.2. The van der Waals surface area contributed by atoms with Crippen molar-refractivity contribution in [3.63, 3.8) is 0 Å². The van der Waals surface area contributed by atoms with E-state index in [4.69, 9.17) is 11.6 Å². The Bertz CT molecular complexity index is 596. The largest absolute Gasteiger partial charge is 0.322 e. The third-order valence-corrected chi connectivity index (χ3v) is 3.93. The summed E-state index contributed by atoms with van der Waals surface area (Å²) in [6, 6.07) is 13.0. The Morgan fingerprint density at radius 3 is 2.42 bits per heavy atom. The molecule has 19 heavy (non-hydrogen) atoms. The maximum atomic E-state index is 12.0. The molecule has 0 aliphatic carbocycles. The van der Waals surface area contributed by atoms with Gasteiger partial charge >= 0.3 is 0 Å². The van der Waals surface area contributed by atoms with Crippen molar-refractivity contribution < 1.29 is 4.79 Å². The second-order valence-corrected chi connectivity index (χ2v) is 5.43. The fraction of sp³-hybridized carbons (Fsp3) is 0.133. The number of carbonyl (C=O) groups is 1. The van der Waals surface area contributed by atoms with Crippen LogP contribution in [0.2, 0.25) is 5.02 Å². The maximum Gasteiger partial charge on any atom is 0.255 e. The van der Waals surface area contributed by atoms with Gasteiger partial charge in [-0.25, -0.2) is 0 Å². The van der Waals surface area contributed by atoms with Crippen LogP contribution < -0.4 is 5.32 Å². The quantitative estimate of drug-likeness (QED) is 0.836. The summed E-state index contributed by atoms with van der Waals surface area (Å²) in [5.74, 6) is -0.132. The van der Waals surface area contributed by atoms with Crippen molar-refractivity contribution >= 4 is 35.0 Å². The highest BCUT2D eigenvalue weighted by molar-refractivity contribution is 7.98. The van der Waals surface area contributed by atoms with Gasteiger partial charge in [-0.2, -0.15) is 0 Å². The van der Waals surface area contributed by atoms with Crippen LogP contribution in [0.3, 0.4) is 0 Å². The number of nitrogens with one attached hydrogen (secondary N) is 1. The third kappa shape index (κ3) is 3.52. The zero-order chi connectivity index (χ0) is 13.8. The van der Waals surface area contributed by atoms with Crippen LogP contribution in [-0.4, -0.2) is 12.2 Å². The van der Waals surface area contributed by atoms with E-state index in [0.29, 0.717) is 16.3 Å². The van der Waals surface area contributed by atoms with E-state index in [0.717, 1.165) is 10.5 Å². The van der Waals surface area contributed by atoms with E-state index in [1.807, 2.05) is 49.6 Å². The molecule has 2 aromatic rings. The first-order valence-electron chi connectivity index (χ1n) is 5.81. The van der Waals surface area contributed by atoms with E-state index in [9.17, 15) is 4.79 Å². The van der Waals surface area contributed by atoms with E-state index in [2.05, 4.69) is 5.32 Å². The Kier molecular flexibility index (Phi) is 4.51. The third-order valence-electron chi connectivity index (χ3n) is 2.78. The molecule has 0 aromatic heterocycles. The number of carbonyl (C=O) groups excluding carboxylic acids is 1. The minimum Gasteiger partial charge on any atom is -0.322 e. The van der Waals surface area contributed by atoms with Gasteiger partial charge in [-0.15, -0.1) is 11.8 Å². The fourth-order valence-electron chi connectivity index (χ4n) is 1.62. The van der Waals surface area contributed by atoms with Crippen molar-refractivity contribution in [3.05, 3.63) is 58.6 Å². The molecule has 0 fully saturated rings. The Morgan fingerprint density at radius 2 is 1.84 bits per heavy atom. The van der Waals surface area contributed by atoms with Crippen LogP contribution in [0.4, 0.5) is 5.69 Å². The summed E-state index contributed by atoms with van der Waals surface area (Å²) in [6.07, 6.45) is 2.00. The number of thioether (sulfide) groups is 1. The number of rotatable bonds is 3. The minimum atomic E-state index is -0.132. The normalized spacial score (nSPS) is 10.3. The number of benzene rings is 2. The Labute approximate surface area is 122 Å². The van der Waals surface area contributed by atoms with Gasteiger partial charge in [0.05, 0.1) is 0 Å². The zero-order valence-corrected chi connectivity index (χ0v) is 12.3. The standard InChI is InChI=1S/C15H14ClNOS/c1-10-3-6-12(9-14(10)16)17-15(18)11-4-7-13(19-2)8-5-11/h3-9H,1-2H3,(H,17,18). The molecule has 0 radical (unpaired) electrons. The molecule has 0 spiro atoms. The number of aryl methyl sites for hydroxylation is 1. The molecule has 1 amide bonds. The minimum absolute atomic E-state index is 0.132. The van der Waals surface area contributed by atoms with E-state index in [1.165, 1.54) is 0 Å². The fourth-order valence-corrected chi connectivity index (χ4v) is 2.21. The van der Waals surface area contributed by atoms with Crippen LogP contribution in [0.25, 0.3) is 0 Å². The first-order chi connectivity index (χ1) is 9.10. The van der Waals surface area contributed by atoms with Crippen LogP contribution in [0.5, 0.6) is 0 Å². The van der Waals surface area contributed by atoms with E-state index < -0.39 is 0 Å². The predicted molar refractivity (Wildman–Crippen MR) is 82.4 cm³/mol. The topological polar surface area (TPSA) is 29.1 Å². The molecule has 0 heterocycles. The van der Waals surface area contributed by atoms with Crippen molar-refractivity contribution in [3.8, 4) is 0 Å². The molecule has 98 valence electrons. The highest BCUT2D eigenvalue weighted by atomic mass is 35.5. The van der Waals surface area contributed by atoms with E-state index >= 15 is 0 Å². The van der Waals surface area contributed by atoms with Gasteiger partial charge < -0.3 is 5.32 Å². The number of amides is 1. The molecular formula is C15H14ClNOS. The van der Waals surface area contributed by atoms with Crippen molar-refractivity contribution in [1.29, 1.82) is 0 Å². The van der Waals surface area contributed by atoms with Crippen molar-refractivity contribution in [1.82, 2.24) is 0 Å². The monoisotopic (exact) mass is 291 g/mol. The number of hydrogen-bond donors (Lipinski definition) is 1. The zero-order valence-electron chi connectivity index (χ0n) is 10.7. The lowest BCUT2D eigenvalue weighted by molar-refractivity contribution is 0.102. The van der Waals surface area contributed by atoms with Crippen LogP contribution in [0.15, 0.2) is 47.4 Å². The summed E-state index contributed by atoms with van der Waals surface area (Å²) in [5.41, 5.74) is 2.33. The van der Waals surface area contributed by atoms with Gasteiger partial charge in [-0.05, 0) is 55.1 Å². The van der Waals surface area contributed by atoms with E-state index in [1.54, 1.807) is 17.8 Å². The average Bonchev–Trinajstić information content (AvgIpc) is 2.43. The van der Waals surface area contributed by atoms with E-state index in [-0.39, 0.29) is 5.91 Å². The molecule has 0 aliphatic heterocycles. The summed E-state index contributed by atoms with van der Waals surface area (Å²) in [7, 11) is 0. The molecule has 1 N–H and O–H groups in total. The summed E-state index contributed by atoms with van der Waals surface area (Å²) in [6.45, 7) is 1.93. The first kappa shape index (κ1) is 14.0. The maximum absolute atomic E-state index is 12.0. The summed E-state index contributed by atoms with van der Waals surface area (Å²) in [5, 5.41) is 3.48. The van der Waals surface area contributed by atoms with Gasteiger partial charge in [0.1, 0.15) is 0 Å². The van der Waals surface area contributed by atoms with Gasteiger partial charge in [-0.3, -0.25) is 4.79 Å². The van der Waals surface area contributed by atoms with Crippen molar-refractivity contribution in [2.24, 2.45) is 0 Å². The average molecular weight is 292 g/mol. The van der Waals surface area contributed by atoms with Crippen LogP contribution >= 0.6 is 23.4 Å². The molecule has 0 saturated heterocycles.